The smallest absolute Gasteiger partial charge is 0.250 e. The van der Waals surface area contributed by atoms with Crippen LogP contribution in [0.1, 0.15) is 30.4 Å². The van der Waals surface area contributed by atoms with Crippen molar-refractivity contribution in [3.05, 3.63) is 65.7 Å². The van der Waals surface area contributed by atoms with Gasteiger partial charge in [0.1, 0.15) is 12.4 Å². The minimum atomic E-state index is 0.440. The lowest BCUT2D eigenvalue weighted by Gasteiger charge is -2.30. The van der Waals surface area contributed by atoms with E-state index in [1.165, 1.54) is 6.42 Å². The van der Waals surface area contributed by atoms with E-state index in [2.05, 4.69) is 30.3 Å². The largest absolute Gasteiger partial charge is 0.489 e. The zero-order chi connectivity index (χ0) is 23.7. The second-order valence-corrected chi connectivity index (χ2v) is 8.62. The van der Waals surface area contributed by atoms with Gasteiger partial charge in [-0.25, -0.2) is 5.43 Å². The monoisotopic (exact) mass is 473 g/mol. The van der Waals surface area contributed by atoms with Crippen LogP contribution in [0.15, 0.2) is 59.7 Å². The molecule has 3 heterocycles. The molecular formula is C26H31N7O2. The zero-order valence-corrected chi connectivity index (χ0v) is 19.8. The average Bonchev–Trinajstić information content (AvgIpc) is 2.94. The minimum absolute atomic E-state index is 0.440. The maximum atomic E-state index is 5.93. The van der Waals surface area contributed by atoms with Crippen LogP contribution in [-0.2, 0) is 11.3 Å². The van der Waals surface area contributed by atoms with E-state index in [4.69, 9.17) is 14.5 Å². The fourth-order valence-corrected chi connectivity index (χ4v) is 4.13. The third kappa shape index (κ3) is 6.45. The van der Waals surface area contributed by atoms with Crippen molar-refractivity contribution < 1.29 is 9.47 Å². The first-order valence-electron chi connectivity index (χ1n) is 12.2. The second-order valence-electron chi connectivity index (χ2n) is 8.62. The van der Waals surface area contributed by atoms with E-state index in [0.717, 1.165) is 55.9 Å². The van der Waals surface area contributed by atoms with Gasteiger partial charge in [-0.05, 0) is 42.5 Å². The molecule has 0 amide bonds. The molecule has 0 bridgehead atoms. The first kappa shape index (κ1) is 23.0. The first-order valence-corrected chi connectivity index (χ1v) is 12.2. The highest BCUT2D eigenvalue weighted by molar-refractivity contribution is 5.80. The summed E-state index contributed by atoms with van der Waals surface area (Å²) in [6.07, 6.45) is 5.31. The van der Waals surface area contributed by atoms with Crippen LogP contribution in [0.2, 0.25) is 0 Å². The molecule has 9 heteroatoms. The third-order valence-corrected chi connectivity index (χ3v) is 6.03. The quantitative estimate of drug-likeness (QED) is 0.391. The fourth-order valence-electron chi connectivity index (χ4n) is 4.13. The van der Waals surface area contributed by atoms with Crippen LogP contribution in [0.4, 0.5) is 17.8 Å². The number of aromatic nitrogens is 3. The lowest BCUT2D eigenvalue weighted by molar-refractivity contribution is 0.122. The molecule has 35 heavy (non-hydrogen) atoms. The summed E-state index contributed by atoms with van der Waals surface area (Å²) in [5.74, 6) is 2.60. The zero-order valence-electron chi connectivity index (χ0n) is 19.8. The van der Waals surface area contributed by atoms with Gasteiger partial charge in [-0.1, -0.05) is 42.5 Å². The Morgan fingerprint density at radius 3 is 2.37 bits per heavy atom. The molecule has 0 atom stereocenters. The summed E-state index contributed by atoms with van der Waals surface area (Å²) in [5, 5.41) is 4.40. The van der Waals surface area contributed by atoms with Crippen molar-refractivity contribution in [1.29, 1.82) is 0 Å². The van der Waals surface area contributed by atoms with Crippen molar-refractivity contribution in [2.75, 3.05) is 54.6 Å². The van der Waals surface area contributed by atoms with E-state index in [1.54, 1.807) is 6.21 Å². The molecule has 2 aromatic carbocycles. The molecule has 182 valence electrons. The van der Waals surface area contributed by atoms with Gasteiger partial charge in [0.15, 0.2) is 0 Å². The lowest BCUT2D eigenvalue weighted by Crippen LogP contribution is -2.38. The number of nitrogens with zero attached hydrogens (tertiary/aromatic N) is 6. The maximum absolute atomic E-state index is 5.93. The Kier molecular flexibility index (Phi) is 7.65. The van der Waals surface area contributed by atoms with Gasteiger partial charge < -0.3 is 19.3 Å². The number of hydrazone groups is 1. The molecule has 2 aliphatic rings. The first-order chi connectivity index (χ1) is 17.3. The molecule has 1 N–H and O–H groups in total. The molecule has 0 unspecified atom stereocenters. The number of ether oxygens (including phenoxy) is 2. The third-order valence-electron chi connectivity index (χ3n) is 6.03. The van der Waals surface area contributed by atoms with Gasteiger partial charge in [0.05, 0.1) is 19.4 Å². The van der Waals surface area contributed by atoms with Crippen LogP contribution in [0.25, 0.3) is 0 Å². The summed E-state index contributed by atoms with van der Waals surface area (Å²) in [4.78, 5) is 18.4. The highest BCUT2D eigenvalue weighted by Gasteiger charge is 2.20. The molecule has 9 nitrogen and oxygen atoms in total. The SMILES string of the molecule is C(=N/Nc1nc(N2CCCCC2)nc(N2CCOCC2)n1)/c1cccc(OCc2ccccc2)c1. The van der Waals surface area contributed by atoms with Gasteiger partial charge in [-0.3, -0.25) is 0 Å². The van der Waals surface area contributed by atoms with E-state index in [9.17, 15) is 0 Å². The topological polar surface area (TPSA) is 88.0 Å². The molecule has 2 fully saturated rings. The summed E-state index contributed by atoms with van der Waals surface area (Å²) in [7, 11) is 0. The standard InChI is InChI=1S/C26H31N7O2/c1-3-8-21(9-4-1)20-35-23-11-7-10-22(18-23)19-27-31-24-28-25(32-12-5-2-6-13-32)30-26(29-24)33-14-16-34-17-15-33/h1,3-4,7-11,18-19H,2,5-6,12-17,20H2,(H,28,29,30,31)/b27-19-. The Bertz CT molecular complexity index is 1080. The van der Waals surface area contributed by atoms with Gasteiger partial charge in [0, 0.05) is 26.2 Å². The average molecular weight is 474 g/mol. The summed E-state index contributed by atoms with van der Waals surface area (Å²) >= 11 is 0. The highest BCUT2D eigenvalue weighted by atomic mass is 16.5. The van der Waals surface area contributed by atoms with Crippen molar-refractivity contribution in [3.8, 4) is 5.75 Å². The fraction of sp³-hybridized carbons (Fsp3) is 0.385. The van der Waals surface area contributed by atoms with E-state index in [-0.39, 0.29) is 0 Å². The number of benzene rings is 2. The number of nitrogens with one attached hydrogen (secondary N) is 1. The van der Waals surface area contributed by atoms with Gasteiger partial charge in [-0.15, -0.1) is 0 Å². The number of hydrogen-bond acceptors (Lipinski definition) is 9. The summed E-state index contributed by atoms with van der Waals surface area (Å²) < 4.78 is 11.4. The number of rotatable bonds is 8. The molecule has 2 saturated heterocycles. The molecule has 0 radical (unpaired) electrons. The Morgan fingerprint density at radius 2 is 1.60 bits per heavy atom. The molecular weight excluding hydrogens is 442 g/mol. The van der Waals surface area contributed by atoms with Crippen LogP contribution in [0, 0.1) is 0 Å². The van der Waals surface area contributed by atoms with Gasteiger partial charge in [0.25, 0.3) is 0 Å². The van der Waals surface area contributed by atoms with Crippen molar-refractivity contribution in [1.82, 2.24) is 15.0 Å². The van der Waals surface area contributed by atoms with E-state index >= 15 is 0 Å². The number of hydrogen-bond donors (Lipinski definition) is 1. The van der Waals surface area contributed by atoms with Crippen LogP contribution in [0.5, 0.6) is 5.75 Å². The van der Waals surface area contributed by atoms with Crippen LogP contribution >= 0.6 is 0 Å². The summed E-state index contributed by atoms with van der Waals surface area (Å²) in [5.41, 5.74) is 5.06. The van der Waals surface area contributed by atoms with Crippen molar-refractivity contribution in [3.63, 3.8) is 0 Å². The van der Waals surface area contributed by atoms with Gasteiger partial charge in [-0.2, -0.15) is 20.1 Å². The summed E-state index contributed by atoms with van der Waals surface area (Å²) in [6.45, 7) is 5.33. The van der Waals surface area contributed by atoms with Crippen LogP contribution in [0.3, 0.4) is 0 Å². The Labute approximate surface area is 205 Å². The van der Waals surface area contributed by atoms with E-state index in [1.807, 2.05) is 54.6 Å². The normalized spacial score (nSPS) is 16.5. The van der Waals surface area contributed by atoms with Gasteiger partial charge >= 0.3 is 0 Å². The van der Waals surface area contributed by atoms with Crippen LogP contribution < -0.4 is 20.0 Å². The van der Waals surface area contributed by atoms with Crippen molar-refractivity contribution in [2.45, 2.75) is 25.9 Å². The summed E-state index contributed by atoms with van der Waals surface area (Å²) in [6, 6.07) is 18.0. The predicted octanol–water partition coefficient (Wildman–Crippen LogP) is 3.72. The minimum Gasteiger partial charge on any atom is -0.489 e. The Morgan fingerprint density at radius 1 is 0.857 bits per heavy atom. The Hall–Kier alpha value is -3.72. The van der Waals surface area contributed by atoms with Crippen molar-refractivity contribution in [2.24, 2.45) is 5.10 Å². The molecule has 2 aliphatic heterocycles. The molecule has 0 saturated carbocycles. The van der Waals surface area contributed by atoms with E-state index in [0.29, 0.717) is 37.7 Å². The van der Waals surface area contributed by atoms with E-state index < -0.39 is 0 Å². The molecule has 3 aromatic rings. The Balaban J connectivity index is 1.27. The predicted molar refractivity (Wildman–Crippen MR) is 137 cm³/mol. The molecule has 1 aromatic heterocycles. The maximum Gasteiger partial charge on any atom is 0.250 e. The lowest BCUT2D eigenvalue weighted by atomic mass is 10.1. The highest BCUT2D eigenvalue weighted by Crippen LogP contribution is 2.21. The molecule has 5 rings (SSSR count). The molecule has 0 aliphatic carbocycles. The molecule has 0 spiro atoms. The second kappa shape index (κ2) is 11.6. The number of piperidine rings is 1. The van der Waals surface area contributed by atoms with Gasteiger partial charge in [0.2, 0.25) is 17.8 Å². The van der Waals surface area contributed by atoms with Crippen LogP contribution in [-0.4, -0.2) is 60.6 Å². The van der Waals surface area contributed by atoms with Crippen molar-refractivity contribution >= 4 is 24.1 Å². The number of morpholine rings is 1. The number of anilines is 3.